The number of benzene rings is 1. The number of thiophene rings is 1. The third-order valence-corrected chi connectivity index (χ3v) is 4.20. The van der Waals surface area contributed by atoms with E-state index >= 15 is 0 Å². The second-order valence-corrected chi connectivity index (χ2v) is 4.96. The zero-order chi connectivity index (χ0) is 10.1. The molecule has 72 valence electrons. The second-order valence-electron chi connectivity index (χ2n) is 2.80. The third kappa shape index (κ3) is 1.51. The molecule has 0 radical (unpaired) electrons. The maximum absolute atomic E-state index is 10.9. The van der Waals surface area contributed by atoms with Gasteiger partial charge in [0.1, 0.15) is 0 Å². The highest BCUT2D eigenvalue weighted by Gasteiger charge is 2.10. The van der Waals surface area contributed by atoms with E-state index < -0.39 is 5.97 Å². The van der Waals surface area contributed by atoms with Gasteiger partial charge in [-0.1, -0.05) is 12.1 Å². The largest absolute Gasteiger partial charge is 0.478 e. The molecule has 0 saturated heterocycles. The summed E-state index contributed by atoms with van der Waals surface area (Å²) in [7, 11) is 0. The van der Waals surface area contributed by atoms with Gasteiger partial charge in [-0.3, -0.25) is 0 Å². The van der Waals surface area contributed by atoms with Crippen molar-refractivity contribution in [2.45, 2.75) is 4.21 Å². The minimum absolute atomic E-state index is 0.396. The Balaban J connectivity index is 2.73. The van der Waals surface area contributed by atoms with Crippen molar-refractivity contribution >= 4 is 39.2 Å². The lowest BCUT2D eigenvalue weighted by Crippen LogP contribution is -1.94. The molecule has 0 bridgehead atoms. The zero-order valence-electron chi connectivity index (χ0n) is 7.48. The van der Waals surface area contributed by atoms with Crippen LogP contribution in [0.15, 0.2) is 28.5 Å². The topological polar surface area (TPSA) is 37.3 Å². The maximum Gasteiger partial charge on any atom is 0.337 e. The van der Waals surface area contributed by atoms with Crippen molar-refractivity contribution in [1.29, 1.82) is 0 Å². The van der Waals surface area contributed by atoms with E-state index in [1.807, 2.05) is 18.4 Å². The normalized spacial score (nSPS) is 10.6. The van der Waals surface area contributed by atoms with Crippen LogP contribution in [0.1, 0.15) is 10.4 Å². The number of fused-ring (bicyclic) bond motifs is 1. The van der Waals surface area contributed by atoms with Gasteiger partial charge in [-0.25, -0.2) is 4.79 Å². The molecule has 1 heterocycles. The number of rotatable bonds is 2. The molecule has 1 aromatic heterocycles. The molecular formula is C10H8O2S2. The summed E-state index contributed by atoms with van der Waals surface area (Å²) in [6, 6.07) is 7.39. The Labute approximate surface area is 89.6 Å². The second kappa shape index (κ2) is 3.63. The highest BCUT2D eigenvalue weighted by atomic mass is 32.2. The summed E-state index contributed by atoms with van der Waals surface area (Å²) in [6.45, 7) is 0. The number of carbonyl (C=O) groups is 1. The van der Waals surface area contributed by atoms with Gasteiger partial charge in [0, 0.05) is 4.70 Å². The van der Waals surface area contributed by atoms with Crippen molar-refractivity contribution in [1.82, 2.24) is 0 Å². The molecule has 0 fully saturated rings. The van der Waals surface area contributed by atoms with E-state index in [1.54, 1.807) is 23.9 Å². The van der Waals surface area contributed by atoms with E-state index in [0.29, 0.717) is 5.56 Å². The lowest BCUT2D eigenvalue weighted by molar-refractivity contribution is 0.0699. The van der Waals surface area contributed by atoms with E-state index in [-0.39, 0.29) is 0 Å². The van der Waals surface area contributed by atoms with Gasteiger partial charge in [-0.2, -0.15) is 0 Å². The molecule has 0 aliphatic carbocycles. The van der Waals surface area contributed by atoms with E-state index in [4.69, 9.17) is 5.11 Å². The molecule has 0 aliphatic rings. The SMILES string of the molecule is CSc1cc2cccc(C(=O)O)c2s1. The molecule has 0 atom stereocenters. The number of thioether (sulfide) groups is 1. The minimum Gasteiger partial charge on any atom is -0.478 e. The summed E-state index contributed by atoms with van der Waals surface area (Å²) in [5.74, 6) is -0.856. The van der Waals surface area contributed by atoms with E-state index in [2.05, 4.69) is 0 Å². The molecule has 2 aromatic rings. The molecule has 0 amide bonds. The summed E-state index contributed by atoms with van der Waals surface area (Å²) < 4.78 is 2.01. The van der Waals surface area contributed by atoms with Gasteiger partial charge in [-0.15, -0.1) is 23.1 Å². The fourth-order valence-corrected chi connectivity index (χ4v) is 3.03. The predicted molar refractivity (Wildman–Crippen MR) is 60.6 cm³/mol. The van der Waals surface area contributed by atoms with Gasteiger partial charge in [0.2, 0.25) is 0 Å². The zero-order valence-corrected chi connectivity index (χ0v) is 9.11. The van der Waals surface area contributed by atoms with Crippen LogP contribution in [0.25, 0.3) is 10.1 Å². The molecule has 2 rings (SSSR count). The van der Waals surface area contributed by atoms with Crippen molar-refractivity contribution in [3.05, 3.63) is 29.8 Å². The Morgan fingerprint density at radius 2 is 2.29 bits per heavy atom. The number of carboxylic acids is 1. The standard InChI is InChI=1S/C10H8O2S2/c1-13-8-5-6-3-2-4-7(10(11)12)9(6)14-8/h2-5H,1H3,(H,11,12). The fourth-order valence-electron chi connectivity index (χ4n) is 1.31. The predicted octanol–water partition coefficient (Wildman–Crippen LogP) is 3.32. The van der Waals surface area contributed by atoms with Crippen molar-refractivity contribution in [3.63, 3.8) is 0 Å². The summed E-state index contributed by atoms with van der Waals surface area (Å²) in [5.41, 5.74) is 0.396. The van der Waals surface area contributed by atoms with Crippen LogP contribution in [0.2, 0.25) is 0 Å². The van der Waals surface area contributed by atoms with Gasteiger partial charge in [0.25, 0.3) is 0 Å². The molecule has 0 spiro atoms. The molecule has 4 heteroatoms. The summed E-state index contributed by atoms with van der Waals surface area (Å²) in [5, 5.41) is 9.98. The molecule has 1 N–H and O–H groups in total. The maximum atomic E-state index is 10.9. The Morgan fingerprint density at radius 1 is 1.50 bits per heavy atom. The van der Waals surface area contributed by atoms with E-state index in [9.17, 15) is 4.79 Å². The van der Waals surface area contributed by atoms with Crippen LogP contribution >= 0.6 is 23.1 Å². The van der Waals surface area contributed by atoms with Crippen molar-refractivity contribution in [2.75, 3.05) is 6.26 Å². The Hall–Kier alpha value is -1.00. The van der Waals surface area contributed by atoms with Crippen LogP contribution in [0, 0.1) is 0 Å². The molecular weight excluding hydrogens is 216 g/mol. The summed E-state index contributed by atoms with van der Waals surface area (Å²) in [4.78, 5) is 10.9. The van der Waals surface area contributed by atoms with Crippen LogP contribution in [0.5, 0.6) is 0 Å². The van der Waals surface area contributed by atoms with Crippen LogP contribution in [0.3, 0.4) is 0 Å². The van der Waals surface area contributed by atoms with Crippen LogP contribution in [-0.4, -0.2) is 17.3 Å². The molecule has 2 nitrogen and oxygen atoms in total. The first-order valence-corrected chi connectivity index (χ1v) is 6.06. The number of carboxylic acid groups (broad SMARTS) is 1. The van der Waals surface area contributed by atoms with Crippen LogP contribution < -0.4 is 0 Å². The highest BCUT2D eigenvalue weighted by molar-refractivity contribution is 8.00. The number of aromatic carboxylic acids is 1. The quantitative estimate of drug-likeness (QED) is 0.795. The first-order valence-electron chi connectivity index (χ1n) is 4.02. The smallest absolute Gasteiger partial charge is 0.337 e. The van der Waals surface area contributed by atoms with Gasteiger partial charge < -0.3 is 5.11 Å². The van der Waals surface area contributed by atoms with E-state index in [1.165, 1.54) is 11.3 Å². The van der Waals surface area contributed by atoms with Gasteiger partial charge in [0.05, 0.1) is 9.77 Å². The highest BCUT2D eigenvalue weighted by Crippen LogP contribution is 2.33. The molecule has 0 unspecified atom stereocenters. The van der Waals surface area contributed by atoms with E-state index in [0.717, 1.165) is 14.3 Å². The van der Waals surface area contributed by atoms with Crippen molar-refractivity contribution in [2.24, 2.45) is 0 Å². The number of hydrogen-bond acceptors (Lipinski definition) is 3. The summed E-state index contributed by atoms with van der Waals surface area (Å²) >= 11 is 3.17. The minimum atomic E-state index is -0.856. The Bertz CT molecular complexity index is 488. The average molecular weight is 224 g/mol. The first-order chi connectivity index (χ1) is 6.72. The number of hydrogen-bond donors (Lipinski definition) is 1. The van der Waals surface area contributed by atoms with Crippen LogP contribution in [0.4, 0.5) is 0 Å². The molecule has 0 aliphatic heterocycles. The lowest BCUT2D eigenvalue weighted by atomic mass is 10.2. The Kier molecular flexibility index (Phi) is 2.48. The monoisotopic (exact) mass is 224 g/mol. The molecule has 0 saturated carbocycles. The third-order valence-electron chi connectivity index (χ3n) is 1.95. The Morgan fingerprint density at radius 3 is 2.93 bits per heavy atom. The lowest BCUT2D eigenvalue weighted by Gasteiger charge is -1.94. The van der Waals surface area contributed by atoms with Crippen molar-refractivity contribution < 1.29 is 9.90 Å². The first kappa shape index (κ1) is 9.55. The van der Waals surface area contributed by atoms with Crippen molar-refractivity contribution in [3.8, 4) is 0 Å². The van der Waals surface area contributed by atoms with Gasteiger partial charge in [-0.05, 0) is 23.8 Å². The average Bonchev–Trinajstić information content (AvgIpc) is 2.59. The fraction of sp³-hybridized carbons (Fsp3) is 0.100. The molecule has 14 heavy (non-hydrogen) atoms. The van der Waals surface area contributed by atoms with Gasteiger partial charge >= 0.3 is 5.97 Å². The summed E-state index contributed by atoms with van der Waals surface area (Å²) in [6.07, 6.45) is 1.99. The van der Waals surface area contributed by atoms with Gasteiger partial charge in [0.15, 0.2) is 0 Å². The van der Waals surface area contributed by atoms with Crippen LogP contribution in [-0.2, 0) is 0 Å². The molecule has 1 aromatic carbocycles.